The van der Waals surface area contributed by atoms with E-state index in [1.165, 1.54) is 25.5 Å². The van der Waals surface area contributed by atoms with Crippen molar-refractivity contribution in [3.05, 3.63) is 70.4 Å². The minimum absolute atomic E-state index is 0.173. The van der Waals surface area contributed by atoms with Gasteiger partial charge in [-0.25, -0.2) is 9.18 Å². The molecule has 1 aliphatic heterocycles. The molecular formula is C22H20FN3O5S. The molecule has 2 aromatic rings. The Labute approximate surface area is 188 Å². The summed E-state index contributed by atoms with van der Waals surface area (Å²) in [5, 5.41) is 10.7. The number of halogens is 1. The molecule has 1 fully saturated rings. The van der Waals surface area contributed by atoms with Crippen molar-refractivity contribution in [1.82, 2.24) is 5.32 Å². The molecule has 10 heteroatoms. The zero-order chi connectivity index (χ0) is 22.9. The van der Waals surface area contributed by atoms with Crippen LogP contribution < -0.4 is 14.8 Å². The van der Waals surface area contributed by atoms with Gasteiger partial charge in [0.05, 0.1) is 24.8 Å². The Balaban J connectivity index is 1.67. The third-order valence-electron chi connectivity index (χ3n) is 4.03. The van der Waals surface area contributed by atoms with E-state index < -0.39 is 11.9 Å². The van der Waals surface area contributed by atoms with Gasteiger partial charge in [0.2, 0.25) is 0 Å². The molecule has 8 nitrogen and oxygen atoms in total. The number of nitrogens with zero attached hydrogens (tertiary/aromatic N) is 2. The third-order valence-corrected chi connectivity index (χ3v) is 4.93. The van der Waals surface area contributed by atoms with Crippen LogP contribution in [0.25, 0.3) is 0 Å². The number of hydrogen-bond acceptors (Lipinski definition) is 8. The van der Waals surface area contributed by atoms with Crippen molar-refractivity contribution in [1.29, 1.82) is 0 Å². The molecule has 0 radical (unpaired) electrons. The van der Waals surface area contributed by atoms with Gasteiger partial charge in [0.15, 0.2) is 16.7 Å². The molecule has 0 spiro atoms. The van der Waals surface area contributed by atoms with Gasteiger partial charge < -0.3 is 14.2 Å². The average Bonchev–Trinajstić information content (AvgIpc) is 3.13. The monoisotopic (exact) mass is 457 g/mol. The van der Waals surface area contributed by atoms with E-state index in [1.54, 1.807) is 30.3 Å². The standard InChI is InChI=1S/C22H20FN3O5S/c1-3-30-18-10-15(6-9-17(18)31-13-14-4-7-16(23)8-5-14)12-24-26-22-25-21(28)19(32-22)11-20(27)29-2/h4-12H,3,13H2,1-2H3,(H,25,26,28)/b19-11+,24-12?. The van der Waals surface area contributed by atoms with E-state index in [2.05, 4.69) is 20.3 Å². The predicted molar refractivity (Wildman–Crippen MR) is 119 cm³/mol. The molecule has 32 heavy (non-hydrogen) atoms. The van der Waals surface area contributed by atoms with Gasteiger partial charge in [-0.15, -0.1) is 5.10 Å². The van der Waals surface area contributed by atoms with Crippen molar-refractivity contribution in [3.8, 4) is 11.5 Å². The maximum absolute atomic E-state index is 13.0. The molecule has 0 atom stereocenters. The van der Waals surface area contributed by atoms with Crippen LogP contribution in [0.4, 0.5) is 4.39 Å². The van der Waals surface area contributed by atoms with E-state index in [0.717, 1.165) is 23.4 Å². The van der Waals surface area contributed by atoms with E-state index in [-0.39, 0.29) is 22.5 Å². The van der Waals surface area contributed by atoms with Gasteiger partial charge in [0.25, 0.3) is 5.91 Å². The number of nitrogens with one attached hydrogen (secondary N) is 1. The lowest BCUT2D eigenvalue weighted by molar-refractivity contribution is -0.135. The molecule has 0 saturated carbocycles. The van der Waals surface area contributed by atoms with E-state index in [9.17, 15) is 14.0 Å². The van der Waals surface area contributed by atoms with Crippen molar-refractivity contribution >= 4 is 35.0 Å². The fourth-order valence-corrected chi connectivity index (χ4v) is 3.26. The van der Waals surface area contributed by atoms with Crippen molar-refractivity contribution in [2.45, 2.75) is 13.5 Å². The quantitative estimate of drug-likeness (QED) is 0.282. The molecule has 1 N–H and O–H groups in total. The lowest BCUT2D eigenvalue weighted by Gasteiger charge is -2.12. The third kappa shape index (κ3) is 6.42. The van der Waals surface area contributed by atoms with Crippen LogP contribution in [0.5, 0.6) is 11.5 Å². The van der Waals surface area contributed by atoms with Gasteiger partial charge >= 0.3 is 5.97 Å². The topological polar surface area (TPSA) is 98.6 Å². The fraction of sp³-hybridized carbons (Fsp3) is 0.182. The largest absolute Gasteiger partial charge is 0.490 e. The first-order valence-electron chi connectivity index (χ1n) is 9.52. The second kappa shape index (κ2) is 11.1. The summed E-state index contributed by atoms with van der Waals surface area (Å²) in [6.07, 6.45) is 2.58. The molecule has 1 saturated heterocycles. The molecule has 3 rings (SSSR count). The molecule has 2 aromatic carbocycles. The number of carbonyl (C=O) groups excluding carboxylic acids is 2. The van der Waals surface area contributed by atoms with Crippen LogP contribution in [-0.2, 0) is 20.9 Å². The number of carbonyl (C=O) groups is 2. The molecule has 1 aliphatic rings. The van der Waals surface area contributed by atoms with Gasteiger partial charge in [-0.3, -0.25) is 10.1 Å². The Kier molecular flexibility index (Phi) is 7.98. The van der Waals surface area contributed by atoms with Crippen molar-refractivity contribution in [2.75, 3.05) is 13.7 Å². The summed E-state index contributed by atoms with van der Waals surface area (Å²) in [7, 11) is 1.23. The molecule has 1 heterocycles. The van der Waals surface area contributed by atoms with Gasteiger partial charge in [-0.05, 0) is 60.1 Å². The Hall–Kier alpha value is -3.66. The van der Waals surface area contributed by atoms with Gasteiger partial charge in [-0.2, -0.15) is 5.10 Å². The van der Waals surface area contributed by atoms with Crippen molar-refractivity contribution in [2.24, 2.45) is 10.2 Å². The first-order valence-corrected chi connectivity index (χ1v) is 10.3. The van der Waals surface area contributed by atoms with Crippen LogP contribution in [-0.4, -0.2) is 37.0 Å². The lowest BCUT2D eigenvalue weighted by atomic mass is 10.2. The highest BCUT2D eigenvalue weighted by molar-refractivity contribution is 8.18. The summed E-state index contributed by atoms with van der Waals surface area (Å²) < 4.78 is 29.0. The van der Waals surface area contributed by atoms with Gasteiger partial charge in [-0.1, -0.05) is 12.1 Å². The molecule has 0 bridgehead atoms. The highest BCUT2D eigenvalue weighted by Gasteiger charge is 2.25. The molecular weight excluding hydrogens is 437 g/mol. The first-order chi connectivity index (χ1) is 15.5. The zero-order valence-corrected chi connectivity index (χ0v) is 18.1. The number of rotatable bonds is 8. The first kappa shape index (κ1) is 23.0. The maximum Gasteiger partial charge on any atom is 0.331 e. The minimum Gasteiger partial charge on any atom is -0.490 e. The van der Waals surface area contributed by atoms with Crippen LogP contribution in [0.3, 0.4) is 0 Å². The number of hydrogen-bond donors (Lipinski definition) is 1. The number of ether oxygens (including phenoxy) is 3. The minimum atomic E-state index is -0.627. The lowest BCUT2D eigenvalue weighted by Crippen LogP contribution is -2.19. The van der Waals surface area contributed by atoms with E-state index in [0.29, 0.717) is 23.7 Å². The Morgan fingerprint density at radius 2 is 1.94 bits per heavy atom. The SMILES string of the molecule is CCOc1cc(C=N/N=C2/NC(=O)/C(=C\C(=O)OC)S2)ccc1OCc1ccc(F)cc1. The average molecular weight is 457 g/mol. The molecule has 0 aliphatic carbocycles. The maximum atomic E-state index is 13.0. The smallest absolute Gasteiger partial charge is 0.331 e. The number of benzene rings is 2. The summed E-state index contributed by atoms with van der Waals surface area (Å²) in [5.41, 5.74) is 1.53. The van der Waals surface area contributed by atoms with Gasteiger partial charge in [0, 0.05) is 6.08 Å². The molecule has 0 unspecified atom stereocenters. The van der Waals surface area contributed by atoms with Crippen molar-refractivity contribution in [3.63, 3.8) is 0 Å². The van der Waals surface area contributed by atoms with Crippen LogP contribution >= 0.6 is 11.8 Å². The normalized spacial score (nSPS) is 15.9. The number of amidine groups is 1. The summed E-state index contributed by atoms with van der Waals surface area (Å²) in [6.45, 7) is 2.56. The van der Waals surface area contributed by atoms with Crippen LogP contribution in [0.2, 0.25) is 0 Å². The fourth-order valence-electron chi connectivity index (χ4n) is 2.52. The van der Waals surface area contributed by atoms with Gasteiger partial charge in [0.1, 0.15) is 12.4 Å². The summed E-state index contributed by atoms with van der Waals surface area (Å²) in [6, 6.07) is 11.3. The number of amides is 1. The van der Waals surface area contributed by atoms with E-state index in [4.69, 9.17) is 9.47 Å². The van der Waals surface area contributed by atoms with Crippen LogP contribution in [0, 0.1) is 5.82 Å². The van der Waals surface area contributed by atoms with E-state index in [1.807, 2.05) is 6.92 Å². The highest BCUT2D eigenvalue weighted by atomic mass is 32.2. The predicted octanol–water partition coefficient (Wildman–Crippen LogP) is 3.41. The Bertz CT molecular complexity index is 1080. The summed E-state index contributed by atoms with van der Waals surface area (Å²) in [5.74, 6) is -0.315. The number of esters is 1. The summed E-state index contributed by atoms with van der Waals surface area (Å²) >= 11 is 0.984. The Morgan fingerprint density at radius 3 is 2.66 bits per heavy atom. The second-order valence-corrected chi connectivity index (χ2v) is 7.32. The van der Waals surface area contributed by atoms with Crippen LogP contribution in [0.15, 0.2) is 63.6 Å². The van der Waals surface area contributed by atoms with Crippen LogP contribution in [0.1, 0.15) is 18.1 Å². The Morgan fingerprint density at radius 1 is 1.16 bits per heavy atom. The zero-order valence-electron chi connectivity index (χ0n) is 17.3. The molecule has 1 amide bonds. The van der Waals surface area contributed by atoms with Crippen molar-refractivity contribution < 1.29 is 28.2 Å². The van der Waals surface area contributed by atoms with E-state index >= 15 is 0 Å². The highest BCUT2D eigenvalue weighted by Crippen LogP contribution is 2.29. The molecule has 0 aromatic heterocycles. The molecule has 166 valence electrons. The number of thioether (sulfide) groups is 1. The number of methoxy groups -OCH3 is 1. The summed E-state index contributed by atoms with van der Waals surface area (Å²) in [4.78, 5) is 23.3. The second-order valence-electron chi connectivity index (χ2n) is 6.29.